The summed E-state index contributed by atoms with van der Waals surface area (Å²) < 4.78 is 0. The minimum Gasteiger partial charge on any atom is -0.0587 e. The van der Waals surface area contributed by atoms with Gasteiger partial charge in [0.05, 0.1) is 0 Å². The molecular formula is C46H44. The highest BCUT2D eigenvalue weighted by Gasteiger charge is 2.21. The Morgan fingerprint density at radius 1 is 0.261 bits per heavy atom. The van der Waals surface area contributed by atoms with E-state index in [4.69, 9.17) is 0 Å². The van der Waals surface area contributed by atoms with Crippen molar-refractivity contribution in [3.63, 3.8) is 0 Å². The summed E-state index contributed by atoms with van der Waals surface area (Å²) in [7, 11) is 0. The summed E-state index contributed by atoms with van der Waals surface area (Å²) in [6, 6.07) is 46.1. The van der Waals surface area contributed by atoms with Crippen LogP contribution in [0, 0.1) is 27.7 Å². The second kappa shape index (κ2) is 13.0. The third-order valence-corrected chi connectivity index (χ3v) is 10.0. The van der Waals surface area contributed by atoms with Crippen molar-refractivity contribution in [2.24, 2.45) is 0 Å². The molecule has 0 saturated heterocycles. The van der Waals surface area contributed by atoms with E-state index in [0.717, 1.165) is 38.5 Å². The molecule has 0 radical (unpaired) electrons. The fraction of sp³-hybridized carbons (Fsp3) is 0.217. The highest BCUT2D eigenvalue weighted by atomic mass is 14.3. The molecule has 0 aromatic heterocycles. The van der Waals surface area contributed by atoms with E-state index in [0.29, 0.717) is 0 Å². The van der Waals surface area contributed by atoms with E-state index < -0.39 is 0 Å². The Kier molecular flexibility index (Phi) is 8.46. The Morgan fingerprint density at radius 2 is 0.457 bits per heavy atom. The maximum absolute atomic E-state index is 2.39. The van der Waals surface area contributed by atoms with Crippen molar-refractivity contribution in [1.82, 2.24) is 0 Å². The summed E-state index contributed by atoms with van der Waals surface area (Å²) >= 11 is 0. The Balaban J connectivity index is 1.36. The zero-order chi connectivity index (χ0) is 31.6. The molecule has 6 aromatic rings. The van der Waals surface area contributed by atoms with Crippen LogP contribution in [-0.4, -0.2) is 0 Å². The third kappa shape index (κ3) is 6.10. The van der Waals surface area contributed by atoms with Crippen molar-refractivity contribution in [2.45, 2.75) is 66.2 Å². The van der Waals surface area contributed by atoms with Crippen LogP contribution in [0.2, 0.25) is 0 Å². The van der Waals surface area contributed by atoms with Gasteiger partial charge in [0.15, 0.2) is 0 Å². The van der Waals surface area contributed by atoms with Gasteiger partial charge in [-0.2, -0.15) is 0 Å². The van der Waals surface area contributed by atoms with Gasteiger partial charge in [0, 0.05) is 0 Å². The van der Waals surface area contributed by atoms with Gasteiger partial charge in [0.2, 0.25) is 0 Å². The summed E-state index contributed by atoms with van der Waals surface area (Å²) in [5, 5.41) is 0. The molecule has 0 spiro atoms. The van der Waals surface area contributed by atoms with Gasteiger partial charge < -0.3 is 0 Å². The van der Waals surface area contributed by atoms with Crippen molar-refractivity contribution in [2.75, 3.05) is 0 Å². The Labute approximate surface area is 275 Å². The van der Waals surface area contributed by atoms with Crippen LogP contribution >= 0.6 is 0 Å². The molecule has 228 valence electrons. The Hall–Kier alpha value is -4.68. The number of hydrogen-bond acceptors (Lipinski definition) is 0. The molecule has 0 nitrogen and oxygen atoms in total. The number of hydrogen-bond donors (Lipinski definition) is 0. The normalized spacial score (nSPS) is 13.1. The lowest BCUT2D eigenvalue weighted by Gasteiger charge is -2.24. The first-order chi connectivity index (χ1) is 22.4. The fourth-order valence-corrected chi connectivity index (χ4v) is 7.43. The summed E-state index contributed by atoms with van der Waals surface area (Å²) in [6.45, 7) is 8.71. The Morgan fingerprint density at radius 3 is 0.652 bits per heavy atom. The van der Waals surface area contributed by atoms with Gasteiger partial charge in [-0.05, 0) is 133 Å². The average molecular weight is 597 g/mol. The SMILES string of the molecule is Cc1ccc(-c2ccc(-c3ccc(C)cc3)c3c2CCCc2c(-c4ccc(C)cc4)ccc(-c4ccc(C)cc4)c2CCC3)cc1. The van der Waals surface area contributed by atoms with E-state index >= 15 is 0 Å². The third-order valence-electron chi connectivity index (χ3n) is 10.0. The smallest absolute Gasteiger partial charge is 0.0149 e. The monoisotopic (exact) mass is 596 g/mol. The topological polar surface area (TPSA) is 0 Å². The maximum Gasteiger partial charge on any atom is -0.0149 e. The van der Waals surface area contributed by atoms with Gasteiger partial charge in [-0.3, -0.25) is 0 Å². The molecule has 1 aliphatic carbocycles. The molecule has 0 unspecified atom stereocenters. The lowest BCUT2D eigenvalue weighted by Crippen LogP contribution is -2.08. The van der Waals surface area contributed by atoms with E-state index in [1.807, 2.05) is 0 Å². The van der Waals surface area contributed by atoms with Crippen LogP contribution in [0.25, 0.3) is 44.5 Å². The van der Waals surface area contributed by atoms with E-state index in [2.05, 4.69) is 149 Å². The number of benzene rings is 6. The zero-order valence-corrected chi connectivity index (χ0v) is 27.8. The predicted octanol–water partition coefficient (Wildman–Crippen LogP) is 12.3. The minimum atomic E-state index is 1.07. The quantitative estimate of drug-likeness (QED) is 0.190. The molecule has 0 aliphatic heterocycles. The predicted molar refractivity (Wildman–Crippen MR) is 198 cm³/mol. The number of aryl methyl sites for hydroxylation is 4. The average Bonchev–Trinajstić information content (AvgIpc) is 3.07. The maximum atomic E-state index is 2.39. The van der Waals surface area contributed by atoms with Crippen molar-refractivity contribution >= 4 is 0 Å². The van der Waals surface area contributed by atoms with E-state index in [1.165, 1.54) is 89.0 Å². The first kappa shape index (κ1) is 30.0. The second-order valence-corrected chi connectivity index (χ2v) is 13.4. The van der Waals surface area contributed by atoms with Gasteiger partial charge in [0.1, 0.15) is 0 Å². The molecule has 0 saturated carbocycles. The zero-order valence-electron chi connectivity index (χ0n) is 27.8. The number of fused-ring (bicyclic) bond motifs is 2. The molecule has 0 bridgehead atoms. The van der Waals surface area contributed by atoms with Crippen molar-refractivity contribution in [1.29, 1.82) is 0 Å². The van der Waals surface area contributed by atoms with Crippen LogP contribution in [0.5, 0.6) is 0 Å². The minimum absolute atomic E-state index is 1.07. The van der Waals surface area contributed by atoms with E-state index in [-0.39, 0.29) is 0 Å². The first-order valence-corrected chi connectivity index (χ1v) is 17.0. The lowest BCUT2D eigenvalue weighted by molar-refractivity contribution is 0.749. The highest BCUT2D eigenvalue weighted by Crippen LogP contribution is 2.40. The molecule has 46 heavy (non-hydrogen) atoms. The lowest BCUT2D eigenvalue weighted by atomic mass is 9.80. The summed E-state index contributed by atoms with van der Waals surface area (Å²) in [5.41, 5.74) is 22.3. The van der Waals surface area contributed by atoms with Crippen LogP contribution < -0.4 is 0 Å². The number of rotatable bonds is 4. The standard InChI is InChI=1S/C46H44/c1-31-11-19-35(20-12-31)39-27-28-40(36-21-13-32(2)14-22-36)44-8-6-10-46-42(38-25-17-34(4)18-26-38)30-29-41(37-23-15-33(3)16-24-37)45(46)9-5-7-43(39)44/h11-30H,5-10H2,1-4H3. The molecular weight excluding hydrogens is 553 g/mol. The fourth-order valence-electron chi connectivity index (χ4n) is 7.43. The van der Waals surface area contributed by atoms with Gasteiger partial charge in [-0.25, -0.2) is 0 Å². The molecule has 7 rings (SSSR count). The molecule has 0 heterocycles. The molecule has 0 fully saturated rings. The largest absolute Gasteiger partial charge is 0.0587 e. The van der Waals surface area contributed by atoms with Crippen LogP contribution in [0.4, 0.5) is 0 Å². The molecule has 6 aromatic carbocycles. The molecule has 1 aliphatic rings. The Bertz CT molecular complexity index is 1680. The van der Waals surface area contributed by atoms with Crippen molar-refractivity contribution in [3.8, 4) is 44.5 Å². The van der Waals surface area contributed by atoms with Crippen LogP contribution in [0.3, 0.4) is 0 Å². The van der Waals surface area contributed by atoms with Gasteiger partial charge >= 0.3 is 0 Å². The van der Waals surface area contributed by atoms with Crippen molar-refractivity contribution in [3.05, 3.63) is 166 Å². The van der Waals surface area contributed by atoms with E-state index in [1.54, 1.807) is 0 Å². The van der Waals surface area contributed by atoms with Crippen molar-refractivity contribution < 1.29 is 0 Å². The summed E-state index contributed by atoms with van der Waals surface area (Å²) in [4.78, 5) is 0. The van der Waals surface area contributed by atoms with E-state index in [9.17, 15) is 0 Å². The summed E-state index contributed by atoms with van der Waals surface area (Å²) in [6.07, 6.45) is 6.51. The van der Waals surface area contributed by atoms with Gasteiger partial charge in [-0.1, -0.05) is 144 Å². The summed E-state index contributed by atoms with van der Waals surface area (Å²) in [5.74, 6) is 0. The van der Waals surface area contributed by atoms with Gasteiger partial charge in [-0.15, -0.1) is 0 Å². The first-order valence-electron chi connectivity index (χ1n) is 17.0. The molecule has 0 amide bonds. The second-order valence-electron chi connectivity index (χ2n) is 13.4. The molecule has 0 heteroatoms. The van der Waals surface area contributed by atoms with Crippen LogP contribution in [0.1, 0.15) is 57.3 Å². The van der Waals surface area contributed by atoms with Crippen LogP contribution in [0.15, 0.2) is 121 Å². The highest BCUT2D eigenvalue weighted by molar-refractivity contribution is 5.80. The van der Waals surface area contributed by atoms with Crippen LogP contribution in [-0.2, 0) is 25.7 Å². The molecule has 0 N–H and O–H groups in total. The molecule has 0 atom stereocenters. The van der Waals surface area contributed by atoms with Gasteiger partial charge in [0.25, 0.3) is 0 Å².